The zero-order valence-electron chi connectivity index (χ0n) is 19.8. The zero-order chi connectivity index (χ0) is 24.9. The lowest BCUT2D eigenvalue weighted by Crippen LogP contribution is -2.62. The quantitative estimate of drug-likeness (QED) is 0.523. The summed E-state index contributed by atoms with van der Waals surface area (Å²) in [7, 11) is 0. The summed E-state index contributed by atoms with van der Waals surface area (Å²) in [5, 5.41) is 17.1. The Labute approximate surface area is 193 Å². The number of amides is 2. The number of halogens is 3. The molecule has 1 fully saturated rings. The molecule has 1 aromatic carbocycles. The van der Waals surface area contributed by atoms with Gasteiger partial charge in [-0.3, -0.25) is 0 Å². The first-order valence-corrected chi connectivity index (χ1v) is 11.4. The van der Waals surface area contributed by atoms with Gasteiger partial charge in [-0.1, -0.05) is 24.3 Å². The van der Waals surface area contributed by atoms with E-state index in [1.807, 2.05) is 0 Å². The Morgan fingerprint density at radius 2 is 1.64 bits per heavy atom. The topological polar surface area (TPSA) is 90.5 Å². The van der Waals surface area contributed by atoms with E-state index in [2.05, 4.69) is 67.9 Å². The van der Waals surface area contributed by atoms with Gasteiger partial charge in [0.25, 0.3) is 0 Å². The second kappa shape index (κ2) is 10.8. The highest BCUT2D eigenvalue weighted by Crippen LogP contribution is 2.29. The summed E-state index contributed by atoms with van der Waals surface area (Å²) >= 11 is 0. The van der Waals surface area contributed by atoms with Crippen molar-refractivity contribution in [2.75, 3.05) is 6.54 Å². The molecule has 1 aliphatic heterocycles. The van der Waals surface area contributed by atoms with E-state index < -0.39 is 12.1 Å². The Morgan fingerprint density at radius 3 is 2.18 bits per heavy atom. The van der Waals surface area contributed by atoms with Crippen LogP contribution in [-0.2, 0) is 17.6 Å². The number of hydrogen-bond acceptors (Lipinski definition) is 3. The van der Waals surface area contributed by atoms with Crippen LogP contribution in [0.1, 0.15) is 64.5 Å². The maximum Gasteiger partial charge on any atom is 0.490 e. The maximum absolute atomic E-state index is 12.3. The minimum Gasteiger partial charge on any atom is -0.475 e. The van der Waals surface area contributed by atoms with Gasteiger partial charge in [-0.15, -0.1) is 0 Å². The number of carboxylic acids is 1. The molecule has 1 saturated heterocycles. The predicted molar refractivity (Wildman–Crippen MR) is 121 cm³/mol. The SMILES string of the molecule is CC1(C)CC(NC(=O)NCCC2CCc3ccccc3C2)CC(C)(C)N1.O=C(O)C(F)(F)F. The number of aliphatic carboxylic acids is 1. The zero-order valence-corrected chi connectivity index (χ0v) is 19.8. The number of urea groups is 1. The van der Waals surface area contributed by atoms with Crippen molar-refractivity contribution >= 4 is 12.0 Å². The van der Waals surface area contributed by atoms with Crippen molar-refractivity contribution in [3.8, 4) is 0 Å². The molecule has 0 aromatic heterocycles. The first-order chi connectivity index (χ1) is 15.2. The van der Waals surface area contributed by atoms with Crippen LogP contribution in [0.15, 0.2) is 24.3 Å². The van der Waals surface area contributed by atoms with Gasteiger partial charge in [0.05, 0.1) is 0 Å². The lowest BCUT2D eigenvalue weighted by Gasteiger charge is -2.46. The number of nitrogens with one attached hydrogen (secondary N) is 3. The molecule has 4 N–H and O–H groups in total. The van der Waals surface area contributed by atoms with E-state index in [4.69, 9.17) is 9.90 Å². The highest BCUT2D eigenvalue weighted by Gasteiger charge is 2.39. The van der Waals surface area contributed by atoms with Crippen LogP contribution in [0.5, 0.6) is 0 Å². The molecule has 33 heavy (non-hydrogen) atoms. The highest BCUT2D eigenvalue weighted by atomic mass is 19.4. The third-order valence-corrected chi connectivity index (χ3v) is 6.05. The number of carboxylic acid groups (broad SMARTS) is 1. The monoisotopic (exact) mass is 471 g/mol. The van der Waals surface area contributed by atoms with E-state index in [-0.39, 0.29) is 23.2 Å². The first kappa shape index (κ1) is 27.0. The largest absolute Gasteiger partial charge is 0.490 e. The average Bonchev–Trinajstić information content (AvgIpc) is 2.65. The molecule has 2 aliphatic rings. The Hall–Kier alpha value is -2.29. The lowest BCUT2D eigenvalue weighted by atomic mass is 9.80. The minimum atomic E-state index is -5.08. The fourth-order valence-corrected chi connectivity index (χ4v) is 5.07. The third kappa shape index (κ3) is 9.23. The number of carbonyl (C=O) groups excluding carboxylic acids is 1. The predicted octanol–water partition coefficient (Wildman–Crippen LogP) is 4.42. The number of fused-ring (bicyclic) bond motifs is 1. The summed E-state index contributed by atoms with van der Waals surface area (Å²) in [5.41, 5.74) is 3.10. The Balaban J connectivity index is 0.000000479. The molecular formula is C24H36F3N3O3. The molecular weight excluding hydrogens is 435 g/mol. The molecule has 1 aliphatic carbocycles. The smallest absolute Gasteiger partial charge is 0.475 e. The number of rotatable bonds is 4. The summed E-state index contributed by atoms with van der Waals surface area (Å²) in [6.45, 7) is 9.60. The first-order valence-electron chi connectivity index (χ1n) is 11.4. The van der Waals surface area contributed by atoms with Gasteiger partial charge in [-0.2, -0.15) is 13.2 Å². The van der Waals surface area contributed by atoms with Crippen molar-refractivity contribution in [2.24, 2.45) is 5.92 Å². The number of alkyl halides is 3. The number of aryl methyl sites for hydroxylation is 1. The van der Waals surface area contributed by atoms with E-state index in [1.165, 1.54) is 24.0 Å². The van der Waals surface area contributed by atoms with Gasteiger partial charge in [0.1, 0.15) is 0 Å². The molecule has 1 aromatic rings. The van der Waals surface area contributed by atoms with Crippen LogP contribution in [0.3, 0.4) is 0 Å². The standard InChI is InChI=1S/C22H35N3O.C2HF3O2/c1-21(2)14-19(15-22(3,4)25-21)24-20(26)23-12-11-16-9-10-17-7-5-6-8-18(17)13-16;3-2(4,5)1(6)7/h5-8,16,19,25H,9-15H2,1-4H3,(H2,23,24,26);(H,6,7). The van der Waals surface area contributed by atoms with E-state index in [1.54, 1.807) is 0 Å². The van der Waals surface area contributed by atoms with Crippen molar-refractivity contribution in [1.82, 2.24) is 16.0 Å². The molecule has 0 spiro atoms. The molecule has 2 amide bonds. The van der Waals surface area contributed by atoms with Crippen molar-refractivity contribution in [3.05, 3.63) is 35.4 Å². The van der Waals surface area contributed by atoms with Gasteiger partial charge in [0.2, 0.25) is 0 Å². The average molecular weight is 472 g/mol. The molecule has 9 heteroatoms. The minimum absolute atomic E-state index is 0.0142. The molecule has 0 bridgehead atoms. The molecule has 0 radical (unpaired) electrons. The van der Waals surface area contributed by atoms with Crippen LogP contribution in [0.2, 0.25) is 0 Å². The number of piperidine rings is 1. The van der Waals surface area contributed by atoms with Crippen LogP contribution in [0.25, 0.3) is 0 Å². The molecule has 0 saturated carbocycles. The van der Waals surface area contributed by atoms with Crippen LogP contribution in [0.4, 0.5) is 18.0 Å². The molecule has 1 heterocycles. The Morgan fingerprint density at radius 1 is 1.09 bits per heavy atom. The fraction of sp³-hybridized carbons (Fsp3) is 0.667. The van der Waals surface area contributed by atoms with Crippen molar-refractivity contribution in [1.29, 1.82) is 0 Å². The van der Waals surface area contributed by atoms with E-state index in [9.17, 15) is 18.0 Å². The van der Waals surface area contributed by atoms with Gasteiger partial charge in [0.15, 0.2) is 0 Å². The summed E-state index contributed by atoms with van der Waals surface area (Å²) in [6.07, 6.45) is 1.46. The summed E-state index contributed by atoms with van der Waals surface area (Å²) in [4.78, 5) is 21.2. The van der Waals surface area contributed by atoms with Gasteiger partial charge < -0.3 is 21.1 Å². The summed E-state index contributed by atoms with van der Waals surface area (Å²) < 4.78 is 31.7. The summed E-state index contributed by atoms with van der Waals surface area (Å²) in [6, 6.07) is 8.98. The Kier molecular flexibility index (Phi) is 8.79. The van der Waals surface area contributed by atoms with E-state index in [0.717, 1.165) is 32.2 Å². The molecule has 6 nitrogen and oxygen atoms in total. The van der Waals surface area contributed by atoms with Gasteiger partial charge in [-0.25, -0.2) is 9.59 Å². The second-order valence-electron chi connectivity index (χ2n) is 10.4. The maximum atomic E-state index is 12.3. The third-order valence-electron chi connectivity index (χ3n) is 6.05. The van der Waals surface area contributed by atoms with Crippen LogP contribution >= 0.6 is 0 Å². The molecule has 1 atom stereocenters. The fourth-order valence-electron chi connectivity index (χ4n) is 5.07. The van der Waals surface area contributed by atoms with Crippen molar-refractivity contribution in [2.45, 2.75) is 89.5 Å². The lowest BCUT2D eigenvalue weighted by molar-refractivity contribution is -0.192. The molecule has 1 unspecified atom stereocenters. The van der Waals surface area contributed by atoms with E-state index >= 15 is 0 Å². The highest BCUT2D eigenvalue weighted by molar-refractivity contribution is 5.74. The number of benzene rings is 1. The second-order valence-corrected chi connectivity index (χ2v) is 10.4. The van der Waals surface area contributed by atoms with Gasteiger partial charge in [0, 0.05) is 23.7 Å². The van der Waals surface area contributed by atoms with Crippen LogP contribution in [-0.4, -0.2) is 46.9 Å². The van der Waals surface area contributed by atoms with Crippen molar-refractivity contribution < 1.29 is 27.9 Å². The number of carbonyl (C=O) groups is 2. The van der Waals surface area contributed by atoms with Crippen LogP contribution in [0, 0.1) is 5.92 Å². The van der Waals surface area contributed by atoms with E-state index in [0.29, 0.717) is 5.92 Å². The summed E-state index contributed by atoms with van der Waals surface area (Å²) in [5.74, 6) is -2.07. The Bertz CT molecular complexity index is 809. The van der Waals surface area contributed by atoms with Gasteiger partial charge in [-0.05, 0) is 83.3 Å². The molecule has 186 valence electrons. The molecule has 3 rings (SSSR count). The number of hydrogen-bond donors (Lipinski definition) is 4. The van der Waals surface area contributed by atoms with Gasteiger partial charge >= 0.3 is 18.2 Å². The normalized spacial score (nSPS) is 21.7. The van der Waals surface area contributed by atoms with Crippen LogP contribution < -0.4 is 16.0 Å². The van der Waals surface area contributed by atoms with Crippen molar-refractivity contribution in [3.63, 3.8) is 0 Å².